The number of fused-ring (bicyclic) bond motifs is 7. The molecule has 69 heavy (non-hydrogen) atoms. The van der Waals surface area contributed by atoms with Gasteiger partial charge in [0.25, 0.3) is 0 Å². The van der Waals surface area contributed by atoms with Crippen molar-refractivity contribution in [2.24, 2.45) is 0 Å². The Bertz CT molecular complexity index is 3200. The Kier molecular flexibility index (Phi) is 11.3. The molecule has 2 saturated carbocycles. The normalized spacial score (nSPS) is 19.2. The predicted octanol–water partition coefficient (Wildman–Crippen LogP) is 19.0. The maximum Gasteiger partial charge on any atom is 0.0719 e. The maximum absolute atomic E-state index is 5.69. The van der Waals surface area contributed by atoms with E-state index in [1.807, 2.05) is 0 Å². The minimum atomic E-state index is -0.106. The molecule has 4 aliphatic carbocycles. The monoisotopic (exact) mass is 900 g/mol. The van der Waals surface area contributed by atoms with Gasteiger partial charge < -0.3 is 0 Å². The number of aryl methyl sites for hydroxylation is 2. The first kappa shape index (κ1) is 44.2. The molecule has 12 rings (SSSR count). The topological polar surface area (TPSA) is 12.9 Å². The molecule has 0 unspecified atom stereocenters. The van der Waals surface area contributed by atoms with Crippen LogP contribution in [0.15, 0.2) is 152 Å². The van der Waals surface area contributed by atoms with Crippen LogP contribution >= 0.6 is 0 Å². The third kappa shape index (κ3) is 7.36. The smallest absolute Gasteiger partial charge is 0.0719 e. The lowest BCUT2D eigenvalue weighted by Gasteiger charge is -2.48. The van der Waals surface area contributed by atoms with Crippen LogP contribution in [-0.2, 0) is 29.1 Å². The van der Waals surface area contributed by atoms with Gasteiger partial charge in [0.2, 0.25) is 0 Å². The van der Waals surface area contributed by atoms with Crippen molar-refractivity contribution < 1.29 is 0 Å². The molecule has 1 heterocycles. The quantitative estimate of drug-likeness (QED) is 0.0991. The van der Waals surface area contributed by atoms with Crippen LogP contribution in [0, 0.1) is 0 Å². The number of benzene rings is 7. The molecule has 2 fully saturated rings. The van der Waals surface area contributed by atoms with Gasteiger partial charge in [0.1, 0.15) is 0 Å². The van der Waals surface area contributed by atoms with Crippen molar-refractivity contribution in [1.82, 2.24) is 4.98 Å². The highest BCUT2D eigenvalue weighted by Crippen LogP contribution is 2.69. The molecule has 0 saturated heterocycles. The molecule has 0 N–H and O–H groups in total. The van der Waals surface area contributed by atoms with Crippen molar-refractivity contribution >= 4 is 10.9 Å². The zero-order chi connectivity index (χ0) is 46.7. The number of rotatable bonds is 14. The summed E-state index contributed by atoms with van der Waals surface area (Å²) in [7, 11) is 0. The van der Waals surface area contributed by atoms with Gasteiger partial charge in [-0.2, -0.15) is 0 Å². The second-order valence-electron chi connectivity index (χ2n) is 22.1. The van der Waals surface area contributed by atoms with E-state index in [1.54, 1.807) is 11.1 Å². The molecule has 0 bridgehead atoms. The first-order valence-corrected chi connectivity index (χ1v) is 27.0. The zero-order valence-electron chi connectivity index (χ0n) is 41.7. The number of hydrogen-bond donors (Lipinski definition) is 0. The van der Waals surface area contributed by atoms with Gasteiger partial charge in [-0.3, -0.25) is 0 Å². The van der Waals surface area contributed by atoms with E-state index in [4.69, 9.17) is 4.98 Å². The van der Waals surface area contributed by atoms with Gasteiger partial charge in [-0.05, 0) is 177 Å². The Balaban J connectivity index is 0.991. The van der Waals surface area contributed by atoms with E-state index in [0.717, 1.165) is 11.2 Å². The lowest BCUT2D eigenvalue weighted by molar-refractivity contribution is 0.299. The molecule has 0 spiro atoms. The third-order valence-corrected chi connectivity index (χ3v) is 17.8. The highest BCUT2D eigenvalue weighted by atomic mass is 14.7. The minimum absolute atomic E-state index is 0.106. The zero-order valence-corrected chi connectivity index (χ0v) is 41.7. The lowest BCUT2D eigenvalue weighted by Crippen LogP contribution is -2.43. The van der Waals surface area contributed by atoms with Gasteiger partial charge in [0, 0.05) is 27.2 Å². The summed E-state index contributed by atoms with van der Waals surface area (Å²) in [6.07, 6.45) is 20.5. The third-order valence-electron chi connectivity index (χ3n) is 17.8. The van der Waals surface area contributed by atoms with Gasteiger partial charge >= 0.3 is 0 Å². The Morgan fingerprint density at radius 3 is 1.65 bits per heavy atom. The molecule has 1 aromatic heterocycles. The minimum Gasteiger partial charge on any atom is -0.248 e. The standard InChI is InChI=1S/C68H69N/c1-5-7-9-12-21-46-37-47(22-13-10-8-6-2)39-53(38-46)50-29-31-55-56-32-30-52(42-63(56)68-35-19-33-67(68,34-20-36-68)62(55)41-50)64-44-57(51-26-18-25-49(40-51)48-23-14-11-15-24-48)59-43-58-54-27-16-17-28-60(54)66(3,4)61(58)45-65(59)69-64/h11,14-18,23-32,37-45H,5-10,12-13,19-22,33-36H2,1-4H3. The summed E-state index contributed by atoms with van der Waals surface area (Å²) in [4.78, 5) is 5.69. The summed E-state index contributed by atoms with van der Waals surface area (Å²) in [6.45, 7) is 9.41. The van der Waals surface area contributed by atoms with Crippen LogP contribution in [0.3, 0.4) is 0 Å². The van der Waals surface area contributed by atoms with Crippen molar-refractivity contribution in [2.45, 2.75) is 147 Å². The van der Waals surface area contributed by atoms with Crippen molar-refractivity contribution in [1.29, 1.82) is 0 Å². The number of hydrogen-bond acceptors (Lipinski definition) is 1. The molecule has 346 valence electrons. The molecule has 1 heteroatoms. The summed E-state index contributed by atoms with van der Waals surface area (Å²) in [6, 6.07) is 59.2. The van der Waals surface area contributed by atoms with Crippen LogP contribution in [0.2, 0.25) is 0 Å². The van der Waals surface area contributed by atoms with Crippen LogP contribution in [0.5, 0.6) is 0 Å². The van der Waals surface area contributed by atoms with E-state index < -0.39 is 0 Å². The molecule has 4 aliphatic rings. The van der Waals surface area contributed by atoms with Crippen LogP contribution in [0.25, 0.3) is 77.8 Å². The Hall–Kier alpha value is -6.05. The van der Waals surface area contributed by atoms with E-state index in [-0.39, 0.29) is 16.2 Å². The highest BCUT2D eigenvalue weighted by molar-refractivity contribution is 6.02. The van der Waals surface area contributed by atoms with E-state index in [1.165, 1.54) is 192 Å². The molecule has 0 radical (unpaired) electrons. The summed E-state index contributed by atoms with van der Waals surface area (Å²) < 4.78 is 0. The van der Waals surface area contributed by atoms with E-state index in [2.05, 4.69) is 179 Å². The highest BCUT2D eigenvalue weighted by Gasteiger charge is 2.62. The van der Waals surface area contributed by atoms with Crippen LogP contribution in [0.1, 0.15) is 151 Å². The second-order valence-corrected chi connectivity index (χ2v) is 22.1. The first-order chi connectivity index (χ1) is 33.8. The van der Waals surface area contributed by atoms with E-state index in [0.29, 0.717) is 0 Å². The molecular weight excluding hydrogens is 831 g/mol. The lowest BCUT2D eigenvalue weighted by atomic mass is 9.55. The number of unbranched alkanes of at least 4 members (excludes halogenated alkanes) is 6. The Labute approximate surface area is 412 Å². The van der Waals surface area contributed by atoms with Crippen LogP contribution in [-0.4, -0.2) is 4.98 Å². The second kappa shape index (κ2) is 17.7. The van der Waals surface area contributed by atoms with Gasteiger partial charge in [-0.1, -0.05) is 194 Å². The Morgan fingerprint density at radius 2 is 0.971 bits per heavy atom. The summed E-state index contributed by atoms with van der Waals surface area (Å²) in [5.41, 5.74) is 26.1. The molecular formula is C68H69N. The molecule has 7 aromatic carbocycles. The number of nitrogens with zero attached hydrogens (tertiary/aromatic N) is 1. The van der Waals surface area contributed by atoms with Gasteiger partial charge in [0.05, 0.1) is 11.2 Å². The number of pyridine rings is 1. The fourth-order valence-electron chi connectivity index (χ4n) is 14.4. The molecule has 0 aliphatic heterocycles. The van der Waals surface area contributed by atoms with E-state index in [9.17, 15) is 0 Å². The molecule has 1 nitrogen and oxygen atoms in total. The largest absolute Gasteiger partial charge is 0.248 e. The van der Waals surface area contributed by atoms with Crippen molar-refractivity contribution in [3.8, 4) is 66.9 Å². The SMILES string of the molecule is CCCCCCc1cc(CCCCCC)cc(-c2ccc3c(c2)C24CCCC2(CCC4)c2cc(-c4cc(-c5cccc(-c6ccccc6)c5)c5cc6c(cc5n4)C(C)(C)c4ccccc4-6)ccc2-3)c1. The number of aromatic nitrogens is 1. The predicted molar refractivity (Wildman–Crippen MR) is 293 cm³/mol. The fourth-order valence-corrected chi connectivity index (χ4v) is 14.4. The average Bonchev–Trinajstić information content (AvgIpc) is 4.03. The van der Waals surface area contributed by atoms with Crippen LogP contribution in [0.4, 0.5) is 0 Å². The molecule has 0 amide bonds. The fraction of sp³-hybridized carbons (Fsp3) is 0.338. The van der Waals surface area contributed by atoms with Gasteiger partial charge in [-0.25, -0.2) is 4.98 Å². The van der Waals surface area contributed by atoms with E-state index >= 15 is 0 Å². The summed E-state index contributed by atoms with van der Waals surface area (Å²) in [5, 5.41) is 1.22. The van der Waals surface area contributed by atoms with Crippen LogP contribution < -0.4 is 0 Å². The maximum atomic E-state index is 5.69. The Morgan fingerprint density at radius 1 is 0.391 bits per heavy atom. The average molecular weight is 900 g/mol. The summed E-state index contributed by atoms with van der Waals surface area (Å²) >= 11 is 0. The first-order valence-electron chi connectivity index (χ1n) is 27.0. The van der Waals surface area contributed by atoms with Gasteiger partial charge in [0.15, 0.2) is 0 Å². The summed E-state index contributed by atoms with van der Waals surface area (Å²) in [5.74, 6) is 0. The van der Waals surface area contributed by atoms with Gasteiger partial charge in [-0.15, -0.1) is 0 Å². The van der Waals surface area contributed by atoms with Crippen molar-refractivity contribution in [3.63, 3.8) is 0 Å². The van der Waals surface area contributed by atoms with Crippen molar-refractivity contribution in [3.05, 3.63) is 185 Å². The molecule has 0 atom stereocenters. The van der Waals surface area contributed by atoms with Crippen molar-refractivity contribution in [2.75, 3.05) is 0 Å². The molecule has 8 aromatic rings.